The van der Waals surface area contributed by atoms with Gasteiger partial charge in [-0.15, -0.1) is 0 Å². The third kappa shape index (κ3) is 5.30. The van der Waals surface area contributed by atoms with Crippen molar-refractivity contribution < 1.29 is 23.0 Å². The fourth-order valence-corrected chi connectivity index (χ4v) is 3.58. The molecule has 146 valence electrons. The summed E-state index contributed by atoms with van der Waals surface area (Å²) in [5.74, 6) is 0.211. The van der Waals surface area contributed by atoms with E-state index in [0.717, 1.165) is 25.7 Å². The molecule has 1 aliphatic rings. The number of alkyl halides is 2. The molecule has 1 aliphatic carbocycles. The summed E-state index contributed by atoms with van der Waals surface area (Å²) in [4.78, 5) is 14.3. The van der Waals surface area contributed by atoms with E-state index in [1.54, 1.807) is 24.1 Å². The lowest BCUT2D eigenvalue weighted by Crippen LogP contribution is -2.39. The summed E-state index contributed by atoms with van der Waals surface area (Å²) in [5.41, 5.74) is 6.56. The summed E-state index contributed by atoms with van der Waals surface area (Å²) in [6, 6.07) is 4.78. The number of methoxy groups -OCH3 is 1. The van der Waals surface area contributed by atoms with Crippen LogP contribution in [-0.2, 0) is 11.3 Å². The van der Waals surface area contributed by atoms with Crippen molar-refractivity contribution in [1.29, 1.82) is 0 Å². The lowest BCUT2D eigenvalue weighted by Gasteiger charge is -2.36. The van der Waals surface area contributed by atoms with Crippen molar-refractivity contribution in [2.75, 3.05) is 20.7 Å². The van der Waals surface area contributed by atoms with Crippen molar-refractivity contribution in [2.45, 2.75) is 51.7 Å². The molecule has 7 heteroatoms. The van der Waals surface area contributed by atoms with E-state index in [1.165, 1.54) is 19.6 Å². The average Bonchev–Trinajstić information content (AvgIpc) is 2.62. The van der Waals surface area contributed by atoms with Crippen molar-refractivity contribution >= 4 is 5.91 Å². The summed E-state index contributed by atoms with van der Waals surface area (Å²) in [5, 5.41) is 0. The Labute approximate surface area is 153 Å². The molecule has 1 saturated carbocycles. The van der Waals surface area contributed by atoms with E-state index in [0.29, 0.717) is 25.1 Å². The second-order valence-electron chi connectivity index (χ2n) is 7.06. The van der Waals surface area contributed by atoms with Crippen molar-refractivity contribution in [3.05, 3.63) is 23.8 Å². The molecule has 0 atom stereocenters. The van der Waals surface area contributed by atoms with Crippen LogP contribution in [-0.4, -0.2) is 38.1 Å². The van der Waals surface area contributed by atoms with Gasteiger partial charge in [0, 0.05) is 20.0 Å². The van der Waals surface area contributed by atoms with E-state index in [-0.39, 0.29) is 22.8 Å². The maximum atomic E-state index is 12.7. The first-order valence-electron chi connectivity index (χ1n) is 8.95. The summed E-state index contributed by atoms with van der Waals surface area (Å²) in [6.07, 6.45) is 5.82. The van der Waals surface area contributed by atoms with Crippen molar-refractivity contribution in [3.8, 4) is 11.5 Å². The Morgan fingerprint density at radius 3 is 2.54 bits per heavy atom. The molecule has 0 bridgehead atoms. The van der Waals surface area contributed by atoms with Gasteiger partial charge in [-0.05, 0) is 42.5 Å². The van der Waals surface area contributed by atoms with Gasteiger partial charge in [-0.3, -0.25) is 4.79 Å². The third-order valence-corrected chi connectivity index (χ3v) is 5.16. The molecule has 5 nitrogen and oxygen atoms in total. The van der Waals surface area contributed by atoms with E-state index in [4.69, 9.17) is 10.5 Å². The first-order chi connectivity index (χ1) is 12.4. The van der Waals surface area contributed by atoms with Crippen LogP contribution in [0.15, 0.2) is 18.2 Å². The van der Waals surface area contributed by atoms with Gasteiger partial charge >= 0.3 is 6.61 Å². The van der Waals surface area contributed by atoms with Gasteiger partial charge in [0.1, 0.15) is 0 Å². The fourth-order valence-electron chi connectivity index (χ4n) is 3.58. The first kappa shape index (κ1) is 20.4. The Bertz CT molecular complexity index is 604. The van der Waals surface area contributed by atoms with Crippen LogP contribution in [0.1, 0.15) is 44.1 Å². The van der Waals surface area contributed by atoms with Crippen molar-refractivity contribution in [1.82, 2.24) is 4.90 Å². The lowest BCUT2D eigenvalue weighted by atomic mass is 9.71. The van der Waals surface area contributed by atoms with E-state index >= 15 is 0 Å². The minimum Gasteiger partial charge on any atom is -0.493 e. The second-order valence-corrected chi connectivity index (χ2v) is 7.06. The van der Waals surface area contributed by atoms with Crippen LogP contribution < -0.4 is 15.2 Å². The molecule has 0 unspecified atom stereocenters. The number of carbonyl (C=O) groups excluding carboxylic acids is 1. The summed E-state index contributed by atoms with van der Waals surface area (Å²) < 4.78 is 34.6. The molecule has 0 radical (unpaired) electrons. The Hall–Kier alpha value is -1.89. The Balaban J connectivity index is 2.03. The normalized spacial score (nSPS) is 16.4. The first-order valence-corrected chi connectivity index (χ1v) is 8.95. The molecule has 26 heavy (non-hydrogen) atoms. The van der Waals surface area contributed by atoms with Crippen LogP contribution in [0.4, 0.5) is 8.78 Å². The molecule has 0 heterocycles. The monoisotopic (exact) mass is 370 g/mol. The standard InChI is InChI=1S/C19H28F2N2O3/c1-23(17(24)11-19(13-22)8-4-3-5-9-19)12-14-6-7-15(25-2)16(10-14)26-18(20)21/h6-7,10,18H,3-5,8-9,11-13,22H2,1-2H3. The lowest BCUT2D eigenvalue weighted by molar-refractivity contribution is -0.133. The minimum absolute atomic E-state index is 0.0181. The maximum absolute atomic E-state index is 12.7. The number of halogens is 2. The van der Waals surface area contributed by atoms with Crippen LogP contribution in [0.25, 0.3) is 0 Å². The Morgan fingerprint density at radius 1 is 1.27 bits per heavy atom. The Kier molecular flexibility index (Phi) is 7.20. The zero-order valence-corrected chi connectivity index (χ0v) is 15.5. The number of ether oxygens (including phenoxy) is 2. The van der Waals surface area contributed by atoms with Gasteiger partial charge in [-0.2, -0.15) is 8.78 Å². The zero-order chi connectivity index (χ0) is 19.2. The van der Waals surface area contributed by atoms with Crippen LogP contribution in [0, 0.1) is 5.41 Å². The van der Waals surface area contributed by atoms with Crippen LogP contribution in [0.5, 0.6) is 11.5 Å². The van der Waals surface area contributed by atoms with Gasteiger partial charge in [-0.25, -0.2) is 0 Å². The van der Waals surface area contributed by atoms with Crippen LogP contribution in [0.3, 0.4) is 0 Å². The van der Waals surface area contributed by atoms with Gasteiger partial charge < -0.3 is 20.1 Å². The quantitative estimate of drug-likeness (QED) is 0.760. The maximum Gasteiger partial charge on any atom is 0.387 e. The predicted octanol–water partition coefficient (Wildman–Crippen LogP) is 3.55. The minimum atomic E-state index is -2.94. The SMILES string of the molecule is COc1ccc(CN(C)C(=O)CC2(CN)CCCCC2)cc1OC(F)F. The number of nitrogens with zero attached hydrogens (tertiary/aromatic N) is 1. The van der Waals surface area contributed by atoms with E-state index in [9.17, 15) is 13.6 Å². The molecule has 2 N–H and O–H groups in total. The summed E-state index contributed by atoms with van der Waals surface area (Å²) in [6.45, 7) is -2.11. The molecule has 1 amide bonds. The van der Waals surface area contributed by atoms with E-state index in [1.807, 2.05) is 0 Å². The average molecular weight is 370 g/mol. The molecular formula is C19H28F2N2O3. The van der Waals surface area contributed by atoms with Gasteiger partial charge in [0.2, 0.25) is 5.91 Å². The number of hydrogen-bond acceptors (Lipinski definition) is 4. The highest BCUT2D eigenvalue weighted by Gasteiger charge is 2.33. The molecule has 0 spiro atoms. The number of hydrogen-bond donors (Lipinski definition) is 1. The van der Waals surface area contributed by atoms with E-state index in [2.05, 4.69) is 4.74 Å². The molecule has 2 rings (SSSR count). The molecule has 0 saturated heterocycles. The third-order valence-electron chi connectivity index (χ3n) is 5.16. The summed E-state index contributed by atoms with van der Waals surface area (Å²) in [7, 11) is 3.10. The molecule has 1 aromatic carbocycles. The van der Waals surface area contributed by atoms with Gasteiger partial charge in [0.15, 0.2) is 11.5 Å². The van der Waals surface area contributed by atoms with Crippen molar-refractivity contribution in [2.24, 2.45) is 11.1 Å². The zero-order valence-electron chi connectivity index (χ0n) is 15.5. The summed E-state index contributed by atoms with van der Waals surface area (Å²) >= 11 is 0. The molecular weight excluding hydrogens is 342 g/mol. The highest BCUT2D eigenvalue weighted by Crippen LogP contribution is 2.39. The van der Waals surface area contributed by atoms with Crippen LogP contribution >= 0.6 is 0 Å². The molecule has 1 aromatic rings. The number of benzene rings is 1. The number of amides is 1. The highest BCUT2D eigenvalue weighted by molar-refractivity contribution is 5.76. The van der Waals surface area contributed by atoms with Gasteiger partial charge in [0.05, 0.1) is 7.11 Å². The highest BCUT2D eigenvalue weighted by atomic mass is 19.3. The molecule has 1 fully saturated rings. The smallest absolute Gasteiger partial charge is 0.387 e. The van der Waals surface area contributed by atoms with E-state index < -0.39 is 6.61 Å². The van der Waals surface area contributed by atoms with Gasteiger partial charge in [0.25, 0.3) is 0 Å². The van der Waals surface area contributed by atoms with Crippen molar-refractivity contribution in [3.63, 3.8) is 0 Å². The van der Waals surface area contributed by atoms with Crippen LogP contribution in [0.2, 0.25) is 0 Å². The predicted molar refractivity (Wildman–Crippen MR) is 95.3 cm³/mol. The number of rotatable bonds is 8. The largest absolute Gasteiger partial charge is 0.493 e. The molecule has 0 aromatic heterocycles. The number of carbonyl (C=O) groups is 1. The molecule has 0 aliphatic heterocycles. The number of nitrogens with two attached hydrogens (primary N) is 1. The fraction of sp³-hybridized carbons (Fsp3) is 0.632. The topological polar surface area (TPSA) is 64.8 Å². The Morgan fingerprint density at radius 2 is 1.96 bits per heavy atom. The van der Waals surface area contributed by atoms with Gasteiger partial charge in [-0.1, -0.05) is 25.3 Å². The second kappa shape index (κ2) is 9.16.